The van der Waals surface area contributed by atoms with Gasteiger partial charge < -0.3 is 10.1 Å². The number of likely N-dealkylation sites (tertiary alicyclic amines) is 1. The van der Waals surface area contributed by atoms with Crippen molar-refractivity contribution >= 4 is 17.8 Å². The maximum atomic E-state index is 12.6. The predicted molar refractivity (Wildman–Crippen MR) is 100 cm³/mol. The van der Waals surface area contributed by atoms with Crippen molar-refractivity contribution in [2.24, 2.45) is 0 Å². The third-order valence-electron chi connectivity index (χ3n) is 4.13. The molecule has 0 radical (unpaired) electrons. The van der Waals surface area contributed by atoms with Crippen LogP contribution in [0.5, 0.6) is 0 Å². The Kier molecular flexibility index (Phi) is 5.43. The number of amides is 2. The Morgan fingerprint density at radius 2 is 2.11 bits per heavy atom. The molecule has 2 amide bonds. The zero-order valence-electron chi connectivity index (χ0n) is 15.9. The third kappa shape index (κ3) is 5.06. The molecule has 27 heavy (non-hydrogen) atoms. The SMILES string of the molecule is CC(C)(C)OC(=O)N1CCC[C@@H]1C(=O)Nc1ccn(Cc2ccccn2)n1. The minimum Gasteiger partial charge on any atom is -0.444 e. The second-order valence-corrected chi connectivity index (χ2v) is 7.54. The number of aromatic nitrogens is 3. The Bertz CT molecular complexity index is 797. The molecule has 2 aromatic heterocycles. The molecule has 0 spiro atoms. The first kappa shape index (κ1) is 18.9. The van der Waals surface area contributed by atoms with E-state index < -0.39 is 17.7 Å². The molecule has 1 fully saturated rings. The van der Waals surface area contributed by atoms with Crippen LogP contribution in [0.3, 0.4) is 0 Å². The maximum absolute atomic E-state index is 12.6. The van der Waals surface area contributed by atoms with E-state index in [1.165, 1.54) is 4.90 Å². The number of nitrogens with zero attached hydrogens (tertiary/aromatic N) is 4. The summed E-state index contributed by atoms with van der Waals surface area (Å²) in [4.78, 5) is 30.7. The summed E-state index contributed by atoms with van der Waals surface area (Å²) in [5, 5.41) is 7.15. The molecule has 0 saturated carbocycles. The van der Waals surface area contributed by atoms with Crippen molar-refractivity contribution in [3.63, 3.8) is 0 Å². The number of ether oxygens (including phenoxy) is 1. The van der Waals surface area contributed by atoms with Crippen LogP contribution in [0.1, 0.15) is 39.3 Å². The van der Waals surface area contributed by atoms with Gasteiger partial charge in [-0.3, -0.25) is 19.4 Å². The van der Waals surface area contributed by atoms with Crippen molar-refractivity contribution in [2.75, 3.05) is 11.9 Å². The van der Waals surface area contributed by atoms with Crippen molar-refractivity contribution < 1.29 is 14.3 Å². The van der Waals surface area contributed by atoms with Crippen LogP contribution in [0.4, 0.5) is 10.6 Å². The summed E-state index contributed by atoms with van der Waals surface area (Å²) in [6, 6.07) is 6.88. The molecule has 8 nitrogen and oxygen atoms in total. The first-order valence-electron chi connectivity index (χ1n) is 9.06. The number of carbonyl (C=O) groups excluding carboxylic acids is 2. The summed E-state index contributed by atoms with van der Waals surface area (Å²) in [6.45, 7) is 6.46. The summed E-state index contributed by atoms with van der Waals surface area (Å²) in [6.07, 6.45) is 4.43. The standard InChI is InChI=1S/C19H25N5O3/c1-19(2,3)27-18(26)24-11-6-8-15(24)17(25)21-16-9-12-23(22-16)13-14-7-4-5-10-20-14/h4-5,7,9-10,12,15H,6,8,11,13H2,1-3H3,(H,21,22,25)/t15-/m1/s1. The van der Waals surface area contributed by atoms with Gasteiger partial charge in [0, 0.05) is 25.0 Å². The summed E-state index contributed by atoms with van der Waals surface area (Å²) in [5.41, 5.74) is 0.288. The summed E-state index contributed by atoms with van der Waals surface area (Å²) in [7, 11) is 0. The molecule has 0 unspecified atom stereocenters. The largest absolute Gasteiger partial charge is 0.444 e. The second-order valence-electron chi connectivity index (χ2n) is 7.54. The fourth-order valence-corrected chi connectivity index (χ4v) is 2.96. The van der Waals surface area contributed by atoms with Crippen LogP contribution in [0.2, 0.25) is 0 Å². The zero-order valence-corrected chi connectivity index (χ0v) is 15.9. The van der Waals surface area contributed by atoms with Crippen LogP contribution in [0.15, 0.2) is 36.7 Å². The van der Waals surface area contributed by atoms with Gasteiger partial charge >= 0.3 is 6.09 Å². The van der Waals surface area contributed by atoms with Gasteiger partial charge in [-0.2, -0.15) is 5.10 Å². The van der Waals surface area contributed by atoms with Crippen LogP contribution < -0.4 is 5.32 Å². The van der Waals surface area contributed by atoms with Gasteiger partial charge in [-0.25, -0.2) is 4.79 Å². The number of hydrogen-bond acceptors (Lipinski definition) is 5. The number of rotatable bonds is 4. The fraction of sp³-hybridized carbons (Fsp3) is 0.474. The van der Waals surface area contributed by atoms with Crippen LogP contribution in [-0.4, -0.2) is 49.9 Å². The van der Waals surface area contributed by atoms with Crippen molar-refractivity contribution in [3.05, 3.63) is 42.4 Å². The molecule has 1 atom stereocenters. The Morgan fingerprint density at radius 1 is 1.30 bits per heavy atom. The van der Waals surface area contributed by atoms with E-state index in [-0.39, 0.29) is 5.91 Å². The highest BCUT2D eigenvalue weighted by molar-refractivity contribution is 5.96. The smallest absolute Gasteiger partial charge is 0.410 e. The lowest BCUT2D eigenvalue weighted by Gasteiger charge is -2.27. The number of carbonyl (C=O) groups is 2. The molecule has 3 rings (SSSR count). The zero-order chi connectivity index (χ0) is 19.4. The van der Waals surface area contributed by atoms with Crippen molar-refractivity contribution in [1.82, 2.24) is 19.7 Å². The molecule has 3 heterocycles. The van der Waals surface area contributed by atoms with E-state index in [1.807, 2.05) is 39.0 Å². The Hall–Kier alpha value is -2.90. The molecule has 1 aliphatic heterocycles. The molecular formula is C19H25N5O3. The van der Waals surface area contributed by atoms with Gasteiger partial charge in [-0.1, -0.05) is 6.07 Å². The van der Waals surface area contributed by atoms with Gasteiger partial charge in [0.2, 0.25) is 5.91 Å². The van der Waals surface area contributed by atoms with E-state index >= 15 is 0 Å². The summed E-state index contributed by atoms with van der Waals surface area (Å²) >= 11 is 0. The molecule has 1 aliphatic rings. The first-order valence-corrected chi connectivity index (χ1v) is 9.06. The quantitative estimate of drug-likeness (QED) is 0.892. The summed E-state index contributed by atoms with van der Waals surface area (Å²) < 4.78 is 7.11. The molecule has 1 saturated heterocycles. The topological polar surface area (TPSA) is 89.4 Å². The fourth-order valence-electron chi connectivity index (χ4n) is 2.96. The highest BCUT2D eigenvalue weighted by Crippen LogP contribution is 2.22. The van der Waals surface area contributed by atoms with E-state index in [4.69, 9.17) is 4.74 Å². The van der Waals surface area contributed by atoms with E-state index in [2.05, 4.69) is 15.4 Å². The average Bonchev–Trinajstić information content (AvgIpc) is 3.23. The third-order valence-corrected chi connectivity index (χ3v) is 4.13. The molecule has 1 N–H and O–H groups in total. The van der Waals surface area contributed by atoms with Gasteiger partial charge in [0.1, 0.15) is 11.6 Å². The van der Waals surface area contributed by atoms with E-state index in [1.54, 1.807) is 23.1 Å². The minimum atomic E-state index is -0.592. The van der Waals surface area contributed by atoms with Crippen molar-refractivity contribution in [3.8, 4) is 0 Å². The average molecular weight is 371 g/mol. The lowest BCUT2D eigenvalue weighted by molar-refractivity contribution is -0.120. The number of hydrogen-bond donors (Lipinski definition) is 1. The molecule has 144 valence electrons. The van der Waals surface area contributed by atoms with Gasteiger partial charge in [-0.05, 0) is 45.7 Å². The van der Waals surface area contributed by atoms with Gasteiger partial charge in [0.05, 0.1) is 12.2 Å². The number of pyridine rings is 1. The van der Waals surface area contributed by atoms with Gasteiger partial charge in [0.25, 0.3) is 0 Å². The van der Waals surface area contributed by atoms with Crippen LogP contribution in [0.25, 0.3) is 0 Å². The maximum Gasteiger partial charge on any atom is 0.410 e. The highest BCUT2D eigenvalue weighted by Gasteiger charge is 2.36. The minimum absolute atomic E-state index is 0.249. The molecule has 0 bridgehead atoms. The first-order chi connectivity index (χ1) is 12.8. The van der Waals surface area contributed by atoms with E-state index in [0.717, 1.165) is 12.1 Å². The predicted octanol–water partition coefficient (Wildman–Crippen LogP) is 2.66. The van der Waals surface area contributed by atoms with Crippen LogP contribution >= 0.6 is 0 Å². The molecule has 2 aromatic rings. The Morgan fingerprint density at radius 3 is 2.81 bits per heavy atom. The molecule has 8 heteroatoms. The highest BCUT2D eigenvalue weighted by atomic mass is 16.6. The van der Waals surface area contributed by atoms with E-state index in [0.29, 0.717) is 25.3 Å². The van der Waals surface area contributed by atoms with Crippen molar-refractivity contribution in [1.29, 1.82) is 0 Å². The molecule has 0 aromatic carbocycles. The normalized spacial score (nSPS) is 17.0. The monoisotopic (exact) mass is 371 g/mol. The van der Waals surface area contributed by atoms with Crippen molar-refractivity contribution in [2.45, 2.75) is 51.8 Å². The lowest BCUT2D eigenvalue weighted by atomic mass is 10.2. The van der Waals surface area contributed by atoms with Crippen LogP contribution in [-0.2, 0) is 16.1 Å². The number of anilines is 1. The van der Waals surface area contributed by atoms with Gasteiger partial charge in [-0.15, -0.1) is 0 Å². The Balaban J connectivity index is 1.60. The van der Waals surface area contributed by atoms with Gasteiger partial charge in [0.15, 0.2) is 5.82 Å². The Labute approximate surface area is 158 Å². The van der Waals surface area contributed by atoms with E-state index in [9.17, 15) is 9.59 Å². The van der Waals surface area contributed by atoms with Crippen LogP contribution in [0, 0.1) is 0 Å². The lowest BCUT2D eigenvalue weighted by Crippen LogP contribution is -2.45. The number of nitrogens with one attached hydrogen (secondary N) is 1. The molecule has 0 aliphatic carbocycles. The molecular weight excluding hydrogens is 346 g/mol. The second kappa shape index (κ2) is 7.77. The summed E-state index contributed by atoms with van der Waals surface area (Å²) in [5.74, 6) is 0.202.